The molecule has 0 radical (unpaired) electrons. The first-order chi connectivity index (χ1) is 14.8. The number of ether oxygens (including phenoxy) is 2. The van der Waals surface area contributed by atoms with E-state index < -0.39 is 10.0 Å². The van der Waals surface area contributed by atoms with Gasteiger partial charge in [-0.15, -0.1) is 4.41 Å². The van der Waals surface area contributed by atoms with E-state index in [0.29, 0.717) is 32.8 Å². The number of benzene rings is 1. The average molecular weight is 484 g/mol. The summed E-state index contributed by atoms with van der Waals surface area (Å²) in [5.74, 6) is 1.14. The van der Waals surface area contributed by atoms with Crippen LogP contribution in [0, 0.1) is 0 Å². The van der Waals surface area contributed by atoms with Gasteiger partial charge in [0.1, 0.15) is 0 Å². The molecule has 7 nitrogen and oxygen atoms in total. The Hall–Kier alpha value is -2.00. The second-order valence-electron chi connectivity index (χ2n) is 7.60. The Kier molecular flexibility index (Phi) is 6.35. The minimum Gasteiger partial charge on any atom is -0.493 e. The Morgan fingerprint density at radius 1 is 1.19 bits per heavy atom. The van der Waals surface area contributed by atoms with E-state index in [-0.39, 0.29) is 12.6 Å². The fourth-order valence-electron chi connectivity index (χ4n) is 3.87. The van der Waals surface area contributed by atoms with E-state index in [0.717, 1.165) is 43.1 Å². The van der Waals surface area contributed by atoms with Crippen LogP contribution < -0.4 is 14.9 Å². The van der Waals surface area contributed by atoms with Crippen LogP contribution in [0.2, 0.25) is 10.0 Å². The van der Waals surface area contributed by atoms with Gasteiger partial charge in [-0.1, -0.05) is 23.2 Å². The Labute approximate surface area is 192 Å². The molecule has 1 aliphatic heterocycles. The lowest BCUT2D eigenvalue weighted by atomic mass is 9.99. The molecule has 2 heterocycles. The maximum Gasteiger partial charge on any atom is 0.228 e. The molecule has 1 saturated carbocycles. The first-order valence-corrected chi connectivity index (χ1v) is 12.5. The highest BCUT2D eigenvalue weighted by Gasteiger charge is 2.31. The molecule has 0 unspecified atom stereocenters. The number of hydrogen-bond donors (Lipinski definition) is 1. The molecule has 0 bridgehead atoms. The Bertz CT molecular complexity index is 1110. The second kappa shape index (κ2) is 8.86. The molecule has 166 valence electrons. The van der Waals surface area contributed by atoms with E-state index in [1.54, 1.807) is 13.2 Å². The standard InChI is InChI=1S/C21H23Cl2N3O4S/c1-29-20-8-7-14-16(21(20)30-13-5-3-4-6-13)12-26(31(2,27)28)25-19(14)9-15-17(22)10-24-11-18(15)23/h7-11,13,25H,3-6,12H2,1-2H3. The van der Waals surface area contributed by atoms with Gasteiger partial charge < -0.3 is 14.9 Å². The quantitative estimate of drug-likeness (QED) is 0.674. The van der Waals surface area contributed by atoms with Crippen LogP contribution in [0.25, 0.3) is 11.8 Å². The van der Waals surface area contributed by atoms with Gasteiger partial charge in [0.15, 0.2) is 11.5 Å². The molecule has 0 atom stereocenters. The van der Waals surface area contributed by atoms with Crippen molar-refractivity contribution in [2.45, 2.75) is 38.3 Å². The molecule has 1 fully saturated rings. The zero-order chi connectivity index (χ0) is 22.2. The fraction of sp³-hybridized carbons (Fsp3) is 0.381. The number of rotatable bonds is 5. The third-order valence-electron chi connectivity index (χ3n) is 5.45. The Morgan fingerprint density at radius 3 is 2.48 bits per heavy atom. The fourth-order valence-corrected chi connectivity index (χ4v) is 4.97. The van der Waals surface area contributed by atoms with E-state index in [4.69, 9.17) is 32.7 Å². The number of hydrogen-bond acceptors (Lipinski definition) is 6. The third-order valence-corrected chi connectivity index (χ3v) is 7.07. The van der Waals surface area contributed by atoms with Gasteiger partial charge in [-0.25, -0.2) is 8.42 Å². The molecule has 0 saturated heterocycles. The molecule has 10 heteroatoms. The van der Waals surface area contributed by atoms with E-state index >= 15 is 0 Å². The van der Waals surface area contributed by atoms with Gasteiger partial charge in [0.2, 0.25) is 10.0 Å². The van der Waals surface area contributed by atoms with E-state index in [1.165, 1.54) is 16.8 Å². The lowest BCUT2D eigenvalue weighted by Gasteiger charge is -2.33. The van der Waals surface area contributed by atoms with Crippen molar-refractivity contribution in [3.05, 3.63) is 51.3 Å². The molecular formula is C21H23Cl2N3O4S. The number of nitrogens with one attached hydrogen (secondary N) is 1. The number of sulfonamides is 1. The minimum atomic E-state index is -3.57. The number of pyridine rings is 1. The molecule has 1 aromatic heterocycles. The summed E-state index contributed by atoms with van der Waals surface area (Å²) in [6.07, 6.45) is 10.1. The molecule has 2 aliphatic rings. The summed E-state index contributed by atoms with van der Waals surface area (Å²) in [4.78, 5) is 3.97. The van der Waals surface area contributed by atoms with Crippen molar-refractivity contribution in [1.82, 2.24) is 14.8 Å². The summed E-state index contributed by atoms with van der Waals surface area (Å²) in [6.45, 7) is 0.0998. The van der Waals surface area contributed by atoms with Gasteiger partial charge in [0.25, 0.3) is 0 Å². The van der Waals surface area contributed by atoms with E-state index in [9.17, 15) is 8.42 Å². The summed E-state index contributed by atoms with van der Waals surface area (Å²) in [5.41, 5.74) is 5.56. The molecule has 0 spiro atoms. The van der Waals surface area contributed by atoms with Crippen LogP contribution >= 0.6 is 23.2 Å². The molecule has 4 rings (SSSR count). The van der Waals surface area contributed by atoms with Crippen molar-refractivity contribution in [3.8, 4) is 11.5 Å². The molecule has 1 N–H and O–H groups in total. The van der Waals surface area contributed by atoms with E-state index in [1.807, 2.05) is 12.1 Å². The maximum absolute atomic E-state index is 12.4. The van der Waals surface area contributed by atoms with E-state index in [2.05, 4.69) is 10.4 Å². The lowest BCUT2D eigenvalue weighted by Crippen LogP contribution is -2.44. The highest BCUT2D eigenvalue weighted by Crippen LogP contribution is 2.42. The van der Waals surface area contributed by atoms with Gasteiger partial charge in [-0.2, -0.15) is 0 Å². The van der Waals surface area contributed by atoms with Crippen molar-refractivity contribution in [2.75, 3.05) is 13.4 Å². The number of methoxy groups -OCH3 is 1. The van der Waals surface area contributed by atoms with Crippen LogP contribution in [-0.4, -0.2) is 37.3 Å². The third kappa shape index (κ3) is 4.62. The summed E-state index contributed by atoms with van der Waals surface area (Å²) < 4.78 is 37.9. The number of halogens is 2. The normalized spacial score (nSPS) is 18.6. The van der Waals surface area contributed by atoms with Crippen LogP contribution in [0.4, 0.5) is 0 Å². The van der Waals surface area contributed by atoms with Crippen LogP contribution in [0.1, 0.15) is 42.4 Å². The summed E-state index contributed by atoms with van der Waals surface area (Å²) in [6, 6.07) is 3.70. The highest BCUT2D eigenvalue weighted by molar-refractivity contribution is 7.88. The van der Waals surface area contributed by atoms with Gasteiger partial charge >= 0.3 is 0 Å². The predicted octanol–water partition coefficient (Wildman–Crippen LogP) is 4.50. The zero-order valence-electron chi connectivity index (χ0n) is 17.2. The number of hydrazine groups is 1. The monoisotopic (exact) mass is 483 g/mol. The SMILES string of the molecule is COc1ccc2c(c1OC1CCCC1)CN(S(C)(=O)=O)NC2=Cc1c(Cl)cncc1Cl. The second-order valence-corrected chi connectivity index (χ2v) is 10.3. The molecule has 2 aromatic rings. The van der Waals surface area contributed by atoms with Gasteiger partial charge in [0.05, 0.1) is 41.8 Å². The Morgan fingerprint density at radius 2 is 1.87 bits per heavy atom. The molecule has 0 amide bonds. The average Bonchev–Trinajstić information content (AvgIpc) is 3.23. The van der Waals surface area contributed by atoms with Crippen molar-refractivity contribution in [1.29, 1.82) is 0 Å². The smallest absolute Gasteiger partial charge is 0.228 e. The van der Waals surface area contributed by atoms with Gasteiger partial charge in [-0.05, 0) is 43.9 Å². The summed E-state index contributed by atoms with van der Waals surface area (Å²) >= 11 is 12.6. The summed E-state index contributed by atoms with van der Waals surface area (Å²) in [5, 5.41) is 0.714. The lowest BCUT2D eigenvalue weighted by molar-refractivity contribution is 0.195. The van der Waals surface area contributed by atoms with Crippen molar-refractivity contribution < 1.29 is 17.9 Å². The first kappa shape index (κ1) is 22.2. The topological polar surface area (TPSA) is 80.8 Å². The molecule has 1 aliphatic carbocycles. The largest absolute Gasteiger partial charge is 0.493 e. The highest BCUT2D eigenvalue weighted by atomic mass is 35.5. The van der Waals surface area contributed by atoms with Crippen LogP contribution in [0.15, 0.2) is 24.5 Å². The molecule has 31 heavy (non-hydrogen) atoms. The van der Waals surface area contributed by atoms with Crippen molar-refractivity contribution >= 4 is 45.0 Å². The van der Waals surface area contributed by atoms with Crippen LogP contribution in [0.3, 0.4) is 0 Å². The zero-order valence-corrected chi connectivity index (χ0v) is 19.5. The minimum absolute atomic E-state index is 0.0819. The van der Waals surface area contributed by atoms with Crippen molar-refractivity contribution in [2.24, 2.45) is 0 Å². The number of nitrogens with zero attached hydrogens (tertiary/aromatic N) is 2. The first-order valence-electron chi connectivity index (χ1n) is 9.90. The number of aromatic nitrogens is 1. The van der Waals surface area contributed by atoms with Gasteiger partial charge in [0, 0.05) is 29.1 Å². The Balaban J connectivity index is 1.88. The molecular weight excluding hydrogens is 461 g/mol. The summed E-state index contributed by atoms with van der Waals surface area (Å²) in [7, 11) is -2.00. The molecule has 1 aromatic carbocycles. The predicted molar refractivity (Wildman–Crippen MR) is 122 cm³/mol. The van der Waals surface area contributed by atoms with Crippen LogP contribution in [0.5, 0.6) is 11.5 Å². The van der Waals surface area contributed by atoms with Gasteiger partial charge in [-0.3, -0.25) is 4.98 Å². The van der Waals surface area contributed by atoms with Crippen LogP contribution in [-0.2, 0) is 16.6 Å². The van der Waals surface area contributed by atoms with Crippen molar-refractivity contribution in [3.63, 3.8) is 0 Å². The number of fused-ring (bicyclic) bond motifs is 1. The maximum atomic E-state index is 12.4.